The molecule has 4 atom stereocenters. The Hall–Kier alpha value is -2.25. The van der Waals surface area contributed by atoms with Gasteiger partial charge in [0.15, 0.2) is 0 Å². The van der Waals surface area contributed by atoms with Crippen LogP contribution in [0.2, 0.25) is 0 Å². The van der Waals surface area contributed by atoms with Gasteiger partial charge in [-0.2, -0.15) is 0 Å². The fourth-order valence-corrected chi connectivity index (χ4v) is 5.65. The molecule has 3 aliphatic heterocycles. The highest BCUT2D eigenvalue weighted by Crippen LogP contribution is 2.36. The average molecular weight is 396 g/mol. The topological polar surface area (TPSA) is 90.5 Å². The van der Waals surface area contributed by atoms with Gasteiger partial charge in [0.2, 0.25) is 11.8 Å². The molecule has 2 saturated heterocycles. The largest absolute Gasteiger partial charge is 0.322 e. The van der Waals surface area contributed by atoms with Gasteiger partial charge in [0.25, 0.3) is 5.91 Å². The van der Waals surface area contributed by atoms with E-state index in [4.69, 9.17) is 0 Å². The summed E-state index contributed by atoms with van der Waals surface area (Å²) in [6.07, 6.45) is 4.37. The summed E-state index contributed by atoms with van der Waals surface area (Å²) < 4.78 is 0. The second-order valence-electron chi connectivity index (χ2n) is 8.91. The molecule has 5 rings (SSSR count). The molecule has 0 radical (unpaired) electrons. The summed E-state index contributed by atoms with van der Waals surface area (Å²) in [5.74, 6) is 0.889. The van der Waals surface area contributed by atoms with E-state index in [0.717, 1.165) is 41.6 Å². The lowest BCUT2D eigenvalue weighted by atomic mass is 9.90. The highest BCUT2D eigenvalue weighted by molar-refractivity contribution is 6.05. The van der Waals surface area contributed by atoms with Crippen molar-refractivity contribution in [2.75, 3.05) is 13.1 Å². The number of piperidine rings is 2. The van der Waals surface area contributed by atoms with Crippen molar-refractivity contribution < 1.29 is 14.4 Å². The van der Waals surface area contributed by atoms with Gasteiger partial charge in [0.1, 0.15) is 6.04 Å². The second-order valence-corrected chi connectivity index (χ2v) is 8.91. The van der Waals surface area contributed by atoms with E-state index in [2.05, 4.69) is 16.0 Å². The number of rotatable bonds is 4. The van der Waals surface area contributed by atoms with Crippen LogP contribution in [0.3, 0.4) is 0 Å². The van der Waals surface area contributed by atoms with Gasteiger partial charge in [0, 0.05) is 31.1 Å². The summed E-state index contributed by atoms with van der Waals surface area (Å²) in [6.45, 7) is 3.37. The van der Waals surface area contributed by atoms with Crippen LogP contribution in [-0.2, 0) is 22.7 Å². The highest BCUT2D eigenvalue weighted by atomic mass is 16.2. The van der Waals surface area contributed by atoms with Gasteiger partial charge in [-0.3, -0.25) is 19.7 Å². The first-order valence-electron chi connectivity index (χ1n) is 10.8. The molecule has 1 aliphatic carbocycles. The van der Waals surface area contributed by atoms with Gasteiger partial charge in [0.05, 0.1) is 0 Å². The van der Waals surface area contributed by atoms with E-state index in [-0.39, 0.29) is 24.1 Å². The summed E-state index contributed by atoms with van der Waals surface area (Å²) in [6, 6.07) is 5.93. The van der Waals surface area contributed by atoms with E-state index < -0.39 is 6.04 Å². The Kier molecular flexibility index (Phi) is 4.87. The van der Waals surface area contributed by atoms with Crippen molar-refractivity contribution in [2.24, 2.45) is 11.8 Å². The van der Waals surface area contributed by atoms with Gasteiger partial charge in [-0.1, -0.05) is 18.2 Å². The van der Waals surface area contributed by atoms with E-state index in [9.17, 15) is 14.4 Å². The number of amides is 3. The first-order valence-corrected chi connectivity index (χ1v) is 10.8. The maximum atomic E-state index is 13.2. The zero-order valence-corrected chi connectivity index (χ0v) is 16.6. The van der Waals surface area contributed by atoms with Crippen LogP contribution < -0.4 is 16.0 Å². The molecule has 4 aliphatic rings. The number of imide groups is 1. The van der Waals surface area contributed by atoms with Crippen LogP contribution in [0, 0.1) is 11.8 Å². The molecule has 3 heterocycles. The molecule has 7 heteroatoms. The van der Waals surface area contributed by atoms with Gasteiger partial charge in [-0.05, 0) is 61.7 Å². The molecule has 3 amide bonds. The smallest absolute Gasteiger partial charge is 0.255 e. The maximum absolute atomic E-state index is 13.2. The molecule has 29 heavy (non-hydrogen) atoms. The Morgan fingerprint density at radius 3 is 2.79 bits per heavy atom. The number of carbonyl (C=O) groups excluding carboxylic acids is 3. The van der Waals surface area contributed by atoms with E-state index in [1.807, 2.05) is 18.2 Å². The molecule has 2 unspecified atom stereocenters. The summed E-state index contributed by atoms with van der Waals surface area (Å²) in [5.41, 5.74) is 2.72. The third-order valence-corrected chi connectivity index (χ3v) is 7.16. The maximum Gasteiger partial charge on any atom is 0.255 e. The van der Waals surface area contributed by atoms with Crippen LogP contribution in [0.5, 0.6) is 0 Å². The normalized spacial score (nSPS) is 31.6. The molecule has 1 aromatic rings. The van der Waals surface area contributed by atoms with E-state index in [1.165, 1.54) is 19.3 Å². The number of hydrogen-bond donors (Lipinski definition) is 3. The number of nitrogens with one attached hydrogen (secondary N) is 3. The van der Waals surface area contributed by atoms with Crippen molar-refractivity contribution in [3.8, 4) is 0 Å². The van der Waals surface area contributed by atoms with Crippen LogP contribution in [-0.4, -0.2) is 47.8 Å². The first kappa shape index (κ1) is 18.8. The lowest BCUT2D eigenvalue weighted by Crippen LogP contribution is -2.52. The van der Waals surface area contributed by atoms with Gasteiger partial charge >= 0.3 is 0 Å². The highest BCUT2D eigenvalue weighted by Gasteiger charge is 2.40. The summed E-state index contributed by atoms with van der Waals surface area (Å²) in [5, 5.41) is 9.56. The number of nitrogens with zero attached hydrogens (tertiary/aromatic N) is 1. The molecule has 0 aromatic heterocycles. The quantitative estimate of drug-likeness (QED) is 0.659. The van der Waals surface area contributed by atoms with Crippen molar-refractivity contribution in [2.45, 2.75) is 57.3 Å². The Morgan fingerprint density at radius 2 is 1.97 bits per heavy atom. The van der Waals surface area contributed by atoms with Crippen molar-refractivity contribution in [3.63, 3.8) is 0 Å². The predicted molar refractivity (Wildman–Crippen MR) is 107 cm³/mol. The van der Waals surface area contributed by atoms with Gasteiger partial charge in [-0.15, -0.1) is 0 Å². The third kappa shape index (κ3) is 3.46. The summed E-state index contributed by atoms with van der Waals surface area (Å²) >= 11 is 0. The zero-order chi connectivity index (χ0) is 20.0. The zero-order valence-electron chi connectivity index (χ0n) is 16.6. The fourth-order valence-electron chi connectivity index (χ4n) is 5.65. The first-order chi connectivity index (χ1) is 14.1. The fraction of sp³-hybridized carbons (Fsp3) is 0.591. The molecule has 3 fully saturated rings. The van der Waals surface area contributed by atoms with Crippen molar-refractivity contribution >= 4 is 17.7 Å². The van der Waals surface area contributed by atoms with Crippen LogP contribution >= 0.6 is 0 Å². The average Bonchev–Trinajstić information content (AvgIpc) is 3.28. The predicted octanol–water partition coefficient (Wildman–Crippen LogP) is 0.925. The van der Waals surface area contributed by atoms with Crippen molar-refractivity contribution in [3.05, 3.63) is 34.9 Å². The number of fused-ring (bicyclic) bond motifs is 2. The van der Waals surface area contributed by atoms with Crippen molar-refractivity contribution in [1.82, 2.24) is 20.9 Å². The molecule has 7 nitrogen and oxygen atoms in total. The third-order valence-electron chi connectivity index (χ3n) is 7.16. The van der Waals surface area contributed by atoms with Crippen LogP contribution in [0.1, 0.15) is 53.6 Å². The lowest BCUT2D eigenvalue weighted by molar-refractivity contribution is -0.136. The minimum Gasteiger partial charge on any atom is -0.322 e. The van der Waals surface area contributed by atoms with Crippen LogP contribution in [0.15, 0.2) is 18.2 Å². The molecule has 1 aromatic carbocycles. The second kappa shape index (κ2) is 7.54. The number of hydrogen-bond acceptors (Lipinski definition) is 5. The molecule has 1 saturated carbocycles. The molecule has 154 valence electrons. The van der Waals surface area contributed by atoms with Gasteiger partial charge < -0.3 is 15.5 Å². The van der Waals surface area contributed by atoms with E-state index in [0.29, 0.717) is 25.6 Å². The Morgan fingerprint density at radius 1 is 1.10 bits per heavy atom. The Bertz CT molecular complexity index is 840. The van der Waals surface area contributed by atoms with Crippen LogP contribution in [0.25, 0.3) is 0 Å². The molecule has 3 N–H and O–H groups in total. The Balaban J connectivity index is 1.28. The molecule has 0 spiro atoms. The molecular formula is C22H28N4O3. The van der Waals surface area contributed by atoms with E-state index in [1.54, 1.807) is 4.90 Å². The number of carbonyl (C=O) groups is 3. The van der Waals surface area contributed by atoms with Crippen molar-refractivity contribution in [1.29, 1.82) is 0 Å². The monoisotopic (exact) mass is 396 g/mol. The van der Waals surface area contributed by atoms with Gasteiger partial charge in [-0.25, -0.2) is 0 Å². The SMILES string of the molecule is O=C1CCC(N2Cc3cccc(CNC4C[C@H]5CNCC[C@H]5C4)c3C2=O)C(=O)N1. The van der Waals surface area contributed by atoms with E-state index >= 15 is 0 Å². The number of benzene rings is 1. The molecule has 0 bridgehead atoms. The standard InChI is InChI=1S/C22H28N4O3/c27-19-5-4-18(21(28)25-19)26-12-15-3-1-2-14(20(15)22(26)29)11-24-17-8-13-6-7-23-10-16(13)9-17/h1-3,13,16-18,23-24H,4-12H2,(H,25,27,28)/t13-,16-,17?,18?/m0/s1. The summed E-state index contributed by atoms with van der Waals surface area (Å²) in [7, 11) is 0. The molecular weight excluding hydrogens is 368 g/mol. The minimum atomic E-state index is -0.557. The Labute approximate surface area is 170 Å². The lowest BCUT2D eigenvalue weighted by Gasteiger charge is -2.29. The van der Waals surface area contributed by atoms with Crippen LogP contribution in [0.4, 0.5) is 0 Å². The minimum absolute atomic E-state index is 0.0869. The summed E-state index contributed by atoms with van der Waals surface area (Å²) in [4.78, 5) is 38.5.